The Morgan fingerprint density at radius 1 is 1.26 bits per heavy atom. The summed E-state index contributed by atoms with van der Waals surface area (Å²) in [5.74, 6) is 1.54. The molecule has 4 rings (SSSR count). The van der Waals surface area contributed by atoms with E-state index in [4.69, 9.17) is 10.2 Å². The lowest BCUT2D eigenvalue weighted by atomic mass is 9.97. The van der Waals surface area contributed by atoms with Crippen LogP contribution < -0.4 is 10.6 Å². The average molecular weight is 483 g/mol. The molecule has 2 fully saturated rings. The van der Waals surface area contributed by atoms with E-state index >= 15 is 0 Å². The van der Waals surface area contributed by atoms with Crippen molar-refractivity contribution in [3.05, 3.63) is 28.7 Å². The minimum absolute atomic E-state index is 0.150. The van der Waals surface area contributed by atoms with Crippen molar-refractivity contribution < 1.29 is 4.79 Å². The lowest BCUT2D eigenvalue weighted by molar-refractivity contribution is 0.0943. The topological polar surface area (TPSA) is 110 Å². The second-order valence-corrected chi connectivity index (χ2v) is 10.2. The fraction of sp³-hybridized carbons (Fsp3) is 0.625. The van der Waals surface area contributed by atoms with Crippen molar-refractivity contribution in [2.24, 2.45) is 0 Å². The van der Waals surface area contributed by atoms with E-state index in [0.717, 1.165) is 44.0 Å². The SMILES string of the molecule is Cc1cc(Nc2nc(C(=O)NCCN(C)C3CCCC3)cs2)nc(C2CCCN(CC#N)C2)n1. The van der Waals surface area contributed by atoms with Crippen LogP contribution in [-0.2, 0) is 0 Å². The van der Waals surface area contributed by atoms with Crippen LogP contribution in [0.4, 0.5) is 10.9 Å². The van der Waals surface area contributed by atoms with E-state index in [0.29, 0.717) is 35.8 Å². The molecule has 1 amide bonds. The monoisotopic (exact) mass is 482 g/mol. The highest BCUT2D eigenvalue weighted by Crippen LogP contribution is 2.27. The molecule has 1 saturated carbocycles. The summed E-state index contributed by atoms with van der Waals surface area (Å²) in [6.45, 7) is 5.60. The maximum Gasteiger partial charge on any atom is 0.270 e. The van der Waals surface area contributed by atoms with Gasteiger partial charge in [-0.1, -0.05) is 12.8 Å². The van der Waals surface area contributed by atoms with Gasteiger partial charge in [0.15, 0.2) is 5.13 Å². The number of likely N-dealkylation sites (N-methyl/N-ethyl adjacent to an activating group) is 1. The number of anilines is 2. The normalized spacial score (nSPS) is 19.3. The highest BCUT2D eigenvalue weighted by Gasteiger charge is 2.24. The van der Waals surface area contributed by atoms with Gasteiger partial charge < -0.3 is 15.5 Å². The number of nitrogens with one attached hydrogen (secondary N) is 2. The van der Waals surface area contributed by atoms with Gasteiger partial charge in [-0.15, -0.1) is 11.3 Å². The number of aryl methyl sites for hydroxylation is 1. The standard InChI is InChI=1S/C24H34N8OS/c1-17-14-21(29-22(27-17)18-6-5-11-32(15-18)12-9-25)30-24-28-20(16-34-24)23(33)26-10-13-31(2)19-7-3-4-8-19/h14,16,18-19H,3-8,10-13,15H2,1-2H3,(H,26,33)(H,27,28,29,30). The van der Waals surface area contributed by atoms with Crippen molar-refractivity contribution in [3.63, 3.8) is 0 Å². The van der Waals surface area contributed by atoms with Crippen LogP contribution in [0.1, 0.15) is 66.4 Å². The molecule has 1 aliphatic carbocycles. The smallest absolute Gasteiger partial charge is 0.270 e. The Balaban J connectivity index is 1.32. The fourth-order valence-electron chi connectivity index (χ4n) is 4.86. The predicted octanol–water partition coefficient (Wildman–Crippen LogP) is 3.29. The number of nitriles is 1. The molecule has 0 bridgehead atoms. The Labute approximate surface area is 205 Å². The highest BCUT2D eigenvalue weighted by atomic mass is 32.1. The van der Waals surface area contributed by atoms with Crippen LogP contribution in [0, 0.1) is 18.3 Å². The van der Waals surface area contributed by atoms with E-state index < -0.39 is 0 Å². The largest absolute Gasteiger partial charge is 0.349 e. The van der Waals surface area contributed by atoms with E-state index in [1.807, 2.05) is 13.0 Å². The molecule has 1 atom stereocenters. The third-order valence-electron chi connectivity index (χ3n) is 6.71. The summed E-state index contributed by atoms with van der Waals surface area (Å²) >= 11 is 1.39. The lowest BCUT2D eigenvalue weighted by Gasteiger charge is -2.30. The summed E-state index contributed by atoms with van der Waals surface area (Å²) in [5, 5.41) is 17.7. The minimum atomic E-state index is -0.150. The van der Waals surface area contributed by atoms with Crippen LogP contribution in [-0.4, -0.2) is 76.5 Å². The third-order valence-corrected chi connectivity index (χ3v) is 7.46. The van der Waals surface area contributed by atoms with E-state index in [1.54, 1.807) is 5.38 Å². The first-order chi connectivity index (χ1) is 16.5. The van der Waals surface area contributed by atoms with Crippen molar-refractivity contribution in [3.8, 4) is 6.07 Å². The summed E-state index contributed by atoms with van der Waals surface area (Å²) in [5.41, 5.74) is 1.30. The van der Waals surface area contributed by atoms with Gasteiger partial charge in [0, 0.05) is 48.7 Å². The van der Waals surface area contributed by atoms with E-state index in [1.165, 1.54) is 37.0 Å². The first-order valence-electron chi connectivity index (χ1n) is 12.2. The van der Waals surface area contributed by atoms with Crippen molar-refractivity contribution >= 4 is 28.2 Å². The second-order valence-electron chi connectivity index (χ2n) is 9.32. The summed E-state index contributed by atoms with van der Waals surface area (Å²) in [6.07, 6.45) is 7.19. The number of amides is 1. The van der Waals surface area contributed by atoms with Crippen molar-refractivity contribution in [2.45, 2.75) is 57.4 Å². The molecule has 2 aliphatic rings. The number of hydrogen-bond acceptors (Lipinski definition) is 9. The van der Waals surface area contributed by atoms with Gasteiger partial charge in [-0.25, -0.2) is 15.0 Å². The van der Waals surface area contributed by atoms with Crippen LogP contribution in [0.25, 0.3) is 0 Å². The maximum atomic E-state index is 12.5. The van der Waals surface area contributed by atoms with Crippen molar-refractivity contribution in [1.82, 2.24) is 30.1 Å². The van der Waals surface area contributed by atoms with Crippen LogP contribution in [0.15, 0.2) is 11.4 Å². The number of carbonyl (C=O) groups excluding carboxylic acids is 1. The number of piperidine rings is 1. The summed E-state index contributed by atoms with van der Waals surface area (Å²) in [6, 6.07) is 4.78. The molecule has 1 saturated heterocycles. The number of likely N-dealkylation sites (tertiary alicyclic amines) is 1. The Morgan fingerprint density at radius 3 is 2.88 bits per heavy atom. The van der Waals surface area contributed by atoms with Crippen LogP contribution in [0.2, 0.25) is 0 Å². The molecule has 10 heteroatoms. The third kappa shape index (κ3) is 6.50. The molecule has 0 aromatic carbocycles. The zero-order valence-electron chi connectivity index (χ0n) is 20.1. The van der Waals surface area contributed by atoms with Crippen molar-refractivity contribution in [2.75, 3.05) is 45.1 Å². The molecule has 3 heterocycles. The Bertz CT molecular complexity index is 1010. The maximum absolute atomic E-state index is 12.5. The number of rotatable bonds is 9. The molecule has 0 radical (unpaired) electrons. The Kier molecular flexibility index (Phi) is 8.43. The van der Waals surface area contributed by atoms with Gasteiger partial charge in [0.25, 0.3) is 5.91 Å². The van der Waals surface area contributed by atoms with E-state index in [9.17, 15) is 4.79 Å². The summed E-state index contributed by atoms with van der Waals surface area (Å²) in [4.78, 5) is 30.9. The van der Waals surface area contributed by atoms with Gasteiger partial charge in [0.05, 0.1) is 12.6 Å². The van der Waals surface area contributed by atoms with Gasteiger partial charge in [0.1, 0.15) is 17.3 Å². The fourth-order valence-corrected chi connectivity index (χ4v) is 5.55. The number of aromatic nitrogens is 3. The first-order valence-corrected chi connectivity index (χ1v) is 13.1. The van der Waals surface area contributed by atoms with Gasteiger partial charge >= 0.3 is 0 Å². The average Bonchev–Trinajstić information content (AvgIpc) is 3.52. The molecule has 2 aromatic rings. The van der Waals surface area contributed by atoms with Crippen LogP contribution in [0.5, 0.6) is 0 Å². The zero-order chi connectivity index (χ0) is 23.9. The zero-order valence-corrected chi connectivity index (χ0v) is 20.9. The van der Waals surface area contributed by atoms with Crippen LogP contribution in [0.3, 0.4) is 0 Å². The van der Waals surface area contributed by atoms with Crippen molar-refractivity contribution in [1.29, 1.82) is 5.26 Å². The predicted molar refractivity (Wildman–Crippen MR) is 133 cm³/mol. The summed E-state index contributed by atoms with van der Waals surface area (Å²) < 4.78 is 0. The molecular formula is C24H34N8OS. The van der Waals surface area contributed by atoms with Gasteiger partial charge in [-0.05, 0) is 46.2 Å². The molecule has 2 aromatic heterocycles. The van der Waals surface area contributed by atoms with E-state index in [2.05, 4.69) is 43.5 Å². The van der Waals surface area contributed by atoms with Gasteiger partial charge in [-0.3, -0.25) is 9.69 Å². The number of hydrogen-bond donors (Lipinski definition) is 2. The van der Waals surface area contributed by atoms with Gasteiger partial charge in [-0.2, -0.15) is 5.26 Å². The van der Waals surface area contributed by atoms with Gasteiger partial charge in [0.2, 0.25) is 0 Å². The first kappa shape index (κ1) is 24.5. The quantitative estimate of drug-likeness (QED) is 0.524. The minimum Gasteiger partial charge on any atom is -0.349 e. The number of nitrogens with zero attached hydrogens (tertiary/aromatic N) is 6. The second kappa shape index (κ2) is 11.7. The molecule has 1 aliphatic heterocycles. The molecule has 34 heavy (non-hydrogen) atoms. The molecule has 182 valence electrons. The highest BCUT2D eigenvalue weighted by molar-refractivity contribution is 7.14. The molecule has 0 spiro atoms. The Morgan fingerprint density at radius 2 is 2.09 bits per heavy atom. The Hall–Kier alpha value is -2.61. The molecular weight excluding hydrogens is 448 g/mol. The molecule has 9 nitrogen and oxygen atoms in total. The van der Waals surface area contributed by atoms with Crippen LogP contribution >= 0.6 is 11.3 Å². The molecule has 1 unspecified atom stereocenters. The molecule has 2 N–H and O–H groups in total. The number of carbonyl (C=O) groups is 1. The number of thiazole rings is 1. The lowest BCUT2D eigenvalue weighted by Crippen LogP contribution is -2.37. The van der Waals surface area contributed by atoms with E-state index in [-0.39, 0.29) is 11.8 Å². The summed E-state index contributed by atoms with van der Waals surface area (Å²) in [7, 11) is 2.14.